The molecule has 1 aromatic heterocycles. The minimum Gasteiger partial charge on any atom is -0.475 e. The highest BCUT2D eigenvalue weighted by molar-refractivity contribution is 7.92. The highest BCUT2D eigenvalue weighted by atomic mass is 35.5. The second-order valence-corrected chi connectivity index (χ2v) is 11.3. The fourth-order valence-electron chi connectivity index (χ4n) is 3.98. The van der Waals surface area contributed by atoms with Gasteiger partial charge >= 0.3 is 12.1 Å². The van der Waals surface area contributed by atoms with Crippen LogP contribution >= 0.6 is 22.9 Å². The van der Waals surface area contributed by atoms with Gasteiger partial charge < -0.3 is 10.0 Å². The summed E-state index contributed by atoms with van der Waals surface area (Å²) >= 11 is 7.85. The zero-order chi connectivity index (χ0) is 28.1. The SMILES string of the molecule is C[C@@H](c1ccccc1)N1CCC(N(C)c2ccc(S(=O)(=O)Nc3cscn3)cc2Cl)C1.O=C(O)C(F)(F)F. The quantitative estimate of drug-likeness (QED) is 0.374. The van der Waals surface area contributed by atoms with Gasteiger partial charge in [0.25, 0.3) is 10.0 Å². The number of rotatable bonds is 7. The van der Waals surface area contributed by atoms with E-state index in [4.69, 9.17) is 21.5 Å². The molecule has 0 bridgehead atoms. The molecule has 1 aliphatic rings. The van der Waals surface area contributed by atoms with E-state index >= 15 is 0 Å². The molecule has 206 valence electrons. The smallest absolute Gasteiger partial charge is 0.475 e. The van der Waals surface area contributed by atoms with E-state index in [-0.39, 0.29) is 4.90 Å². The lowest BCUT2D eigenvalue weighted by Crippen LogP contribution is -2.35. The van der Waals surface area contributed by atoms with Crippen LogP contribution in [-0.4, -0.2) is 61.7 Å². The molecule has 1 aliphatic heterocycles. The van der Waals surface area contributed by atoms with Crippen molar-refractivity contribution in [3.63, 3.8) is 0 Å². The van der Waals surface area contributed by atoms with Crippen molar-refractivity contribution in [3.05, 3.63) is 70.0 Å². The molecular weight excluding hydrogens is 565 g/mol. The van der Waals surface area contributed by atoms with Gasteiger partial charge in [0, 0.05) is 37.6 Å². The largest absolute Gasteiger partial charge is 0.490 e. The average molecular weight is 591 g/mol. The van der Waals surface area contributed by atoms with Crippen LogP contribution in [0.25, 0.3) is 0 Å². The van der Waals surface area contributed by atoms with Crippen LogP contribution in [0, 0.1) is 0 Å². The van der Waals surface area contributed by atoms with Crippen LogP contribution in [0.5, 0.6) is 0 Å². The molecular formula is C24H26ClF3N4O4S2. The van der Waals surface area contributed by atoms with E-state index in [9.17, 15) is 21.6 Å². The Morgan fingerprint density at radius 3 is 2.47 bits per heavy atom. The summed E-state index contributed by atoms with van der Waals surface area (Å²) in [6, 6.07) is 16.0. The van der Waals surface area contributed by atoms with E-state index in [1.807, 2.05) is 13.1 Å². The standard InChI is InChI=1S/C22H25ClN4O2S2.C2HF3O2/c1-16(17-6-4-3-5-7-17)27-11-10-18(13-27)26(2)21-9-8-19(12-20(21)23)31(28,29)25-22-14-30-15-24-22;3-2(4,5)1(6)7/h3-9,12,14-16,18,25H,10-11,13H2,1-2H3;(H,6,7)/t16-,18?;/m0./s1. The number of anilines is 2. The van der Waals surface area contributed by atoms with Gasteiger partial charge in [0.05, 0.1) is 21.1 Å². The van der Waals surface area contributed by atoms with Crippen LogP contribution in [0.15, 0.2) is 64.3 Å². The molecule has 0 saturated carbocycles. The normalized spacial score (nSPS) is 16.8. The Morgan fingerprint density at radius 2 is 1.92 bits per heavy atom. The molecule has 1 saturated heterocycles. The molecule has 0 radical (unpaired) electrons. The minimum absolute atomic E-state index is 0.119. The average Bonchev–Trinajstić information content (AvgIpc) is 3.56. The van der Waals surface area contributed by atoms with Crippen LogP contribution in [0.3, 0.4) is 0 Å². The second kappa shape index (κ2) is 12.3. The van der Waals surface area contributed by atoms with E-state index in [2.05, 4.69) is 50.7 Å². The van der Waals surface area contributed by atoms with E-state index in [0.717, 1.165) is 25.2 Å². The highest BCUT2D eigenvalue weighted by Gasteiger charge is 2.38. The zero-order valence-corrected chi connectivity index (χ0v) is 22.8. The Hall–Kier alpha value is -2.87. The third-order valence-corrected chi connectivity index (χ3v) is 8.34. The maximum absolute atomic E-state index is 12.6. The summed E-state index contributed by atoms with van der Waals surface area (Å²) in [5.41, 5.74) is 3.71. The second-order valence-electron chi connectivity index (χ2n) is 8.53. The van der Waals surface area contributed by atoms with Crippen LogP contribution in [0.4, 0.5) is 24.7 Å². The fraction of sp³-hybridized carbons (Fsp3) is 0.333. The number of sulfonamides is 1. The number of likely N-dealkylation sites (N-methyl/N-ethyl adjacent to an activating group) is 1. The van der Waals surface area contributed by atoms with Crippen molar-refractivity contribution in [2.24, 2.45) is 0 Å². The summed E-state index contributed by atoms with van der Waals surface area (Å²) in [5, 5.41) is 9.18. The third-order valence-electron chi connectivity index (χ3n) is 6.10. The number of likely N-dealkylation sites (tertiary alicyclic amines) is 1. The van der Waals surface area contributed by atoms with Crippen molar-refractivity contribution in [2.45, 2.75) is 36.5 Å². The maximum Gasteiger partial charge on any atom is 0.490 e. The molecule has 38 heavy (non-hydrogen) atoms. The predicted octanol–water partition coefficient (Wildman–Crippen LogP) is 5.50. The summed E-state index contributed by atoms with van der Waals surface area (Å²) in [5.74, 6) is -2.45. The van der Waals surface area contributed by atoms with Gasteiger partial charge in [0.2, 0.25) is 0 Å². The summed E-state index contributed by atoms with van der Waals surface area (Å²) < 4.78 is 59.4. The summed E-state index contributed by atoms with van der Waals surface area (Å²) in [6.07, 6.45) is -4.06. The molecule has 1 unspecified atom stereocenters. The van der Waals surface area contributed by atoms with E-state index in [0.29, 0.717) is 22.9 Å². The molecule has 1 fully saturated rings. The van der Waals surface area contributed by atoms with Gasteiger partial charge in [-0.15, -0.1) is 11.3 Å². The number of hydrogen-bond donors (Lipinski definition) is 2. The Balaban J connectivity index is 0.000000505. The number of nitrogens with zero attached hydrogens (tertiary/aromatic N) is 3. The van der Waals surface area contributed by atoms with Crippen molar-refractivity contribution in [1.29, 1.82) is 0 Å². The number of aromatic nitrogens is 1. The monoisotopic (exact) mass is 590 g/mol. The Bertz CT molecular complexity index is 1330. The third kappa shape index (κ3) is 7.59. The van der Waals surface area contributed by atoms with Crippen molar-refractivity contribution in [1.82, 2.24) is 9.88 Å². The number of alkyl halides is 3. The summed E-state index contributed by atoms with van der Waals surface area (Å²) in [6.45, 7) is 4.17. The number of thiazole rings is 1. The van der Waals surface area contributed by atoms with Gasteiger partial charge in [-0.2, -0.15) is 13.2 Å². The lowest BCUT2D eigenvalue weighted by atomic mass is 10.1. The molecule has 2 N–H and O–H groups in total. The topological polar surface area (TPSA) is 103 Å². The van der Waals surface area contributed by atoms with Crippen molar-refractivity contribution in [3.8, 4) is 0 Å². The minimum atomic E-state index is -5.08. The molecule has 0 aliphatic carbocycles. The molecule has 3 aromatic rings. The molecule has 2 atom stereocenters. The van der Waals surface area contributed by atoms with Crippen LogP contribution in [-0.2, 0) is 14.8 Å². The molecule has 4 rings (SSSR count). The van der Waals surface area contributed by atoms with Gasteiger partial charge in [-0.05, 0) is 37.1 Å². The first-order chi connectivity index (χ1) is 17.8. The number of carbonyl (C=O) groups is 1. The number of benzene rings is 2. The van der Waals surface area contributed by atoms with Crippen LogP contribution < -0.4 is 9.62 Å². The Morgan fingerprint density at radius 1 is 1.26 bits per heavy atom. The first-order valence-electron chi connectivity index (χ1n) is 11.3. The molecule has 0 spiro atoms. The van der Waals surface area contributed by atoms with Crippen molar-refractivity contribution >= 4 is 50.4 Å². The van der Waals surface area contributed by atoms with Gasteiger partial charge in [0.15, 0.2) is 5.82 Å². The van der Waals surface area contributed by atoms with Gasteiger partial charge in [-0.1, -0.05) is 41.9 Å². The van der Waals surface area contributed by atoms with E-state index in [1.54, 1.807) is 23.0 Å². The number of hydrogen-bond acceptors (Lipinski definition) is 7. The van der Waals surface area contributed by atoms with Crippen molar-refractivity contribution in [2.75, 3.05) is 29.8 Å². The van der Waals surface area contributed by atoms with Gasteiger partial charge in [-0.3, -0.25) is 9.62 Å². The maximum atomic E-state index is 12.6. The van der Waals surface area contributed by atoms with Gasteiger partial charge in [-0.25, -0.2) is 18.2 Å². The predicted molar refractivity (Wildman–Crippen MR) is 141 cm³/mol. The highest BCUT2D eigenvalue weighted by Crippen LogP contribution is 2.33. The molecule has 2 heterocycles. The molecule has 0 amide bonds. The number of aliphatic carboxylic acids is 1. The van der Waals surface area contributed by atoms with Crippen molar-refractivity contribution < 1.29 is 31.5 Å². The number of halogens is 4. The van der Waals surface area contributed by atoms with E-state index in [1.165, 1.54) is 23.0 Å². The number of carboxylic acids is 1. The zero-order valence-electron chi connectivity index (χ0n) is 20.4. The van der Waals surface area contributed by atoms with E-state index < -0.39 is 22.2 Å². The molecule has 2 aromatic carbocycles. The van der Waals surface area contributed by atoms with Crippen LogP contribution in [0.2, 0.25) is 5.02 Å². The Labute approximate surface area is 227 Å². The number of nitrogens with one attached hydrogen (secondary N) is 1. The summed E-state index contributed by atoms with van der Waals surface area (Å²) in [4.78, 5) is 17.6. The first kappa shape index (κ1) is 29.7. The summed E-state index contributed by atoms with van der Waals surface area (Å²) in [7, 11) is -1.72. The van der Waals surface area contributed by atoms with Gasteiger partial charge in [0.1, 0.15) is 0 Å². The fourth-order valence-corrected chi connectivity index (χ4v) is 5.94. The first-order valence-corrected chi connectivity index (χ1v) is 14.1. The molecule has 14 heteroatoms. The lowest BCUT2D eigenvalue weighted by Gasteiger charge is -2.30. The Kier molecular flexibility index (Phi) is 9.63. The molecule has 8 nitrogen and oxygen atoms in total. The van der Waals surface area contributed by atoms with Crippen LogP contribution in [0.1, 0.15) is 24.9 Å². The number of carboxylic acid groups (broad SMARTS) is 1. The lowest BCUT2D eigenvalue weighted by molar-refractivity contribution is -0.192.